The van der Waals surface area contributed by atoms with Crippen molar-refractivity contribution in [2.75, 3.05) is 0 Å². The van der Waals surface area contributed by atoms with E-state index < -0.39 is 0 Å². The van der Waals surface area contributed by atoms with Gasteiger partial charge in [0, 0.05) is 28.7 Å². The smallest absolute Gasteiger partial charge is 0.192 e. The van der Waals surface area contributed by atoms with Crippen LogP contribution < -0.4 is 0 Å². The maximum Gasteiger partial charge on any atom is 0.192 e. The van der Waals surface area contributed by atoms with Crippen LogP contribution in [-0.2, 0) is 0 Å². The van der Waals surface area contributed by atoms with E-state index in [1.54, 1.807) is 0 Å². The van der Waals surface area contributed by atoms with Crippen molar-refractivity contribution in [3.8, 4) is 0 Å². The van der Waals surface area contributed by atoms with Crippen LogP contribution in [0.15, 0.2) is 35.6 Å². The van der Waals surface area contributed by atoms with Gasteiger partial charge in [0.1, 0.15) is 5.82 Å². The van der Waals surface area contributed by atoms with Gasteiger partial charge < -0.3 is 9.55 Å². The van der Waals surface area contributed by atoms with E-state index in [0.29, 0.717) is 6.04 Å². The normalized spacial score (nSPS) is 16.8. The summed E-state index contributed by atoms with van der Waals surface area (Å²) in [5, 5.41) is 10.3. The number of rotatable bonds is 5. The van der Waals surface area contributed by atoms with Crippen molar-refractivity contribution < 1.29 is 4.79 Å². The van der Waals surface area contributed by atoms with Crippen molar-refractivity contribution in [2.45, 2.75) is 62.4 Å². The molecule has 1 aliphatic carbocycles. The fraction of sp³-hybridized carbons (Fsp3) is 0.450. The number of hydrogen-bond acceptors (Lipinski definition) is 4. The molecule has 5 nitrogen and oxygen atoms in total. The molecule has 1 aliphatic rings. The number of nitrogens with zero attached hydrogens (tertiary/aromatic N) is 3. The Morgan fingerprint density at radius 2 is 2.00 bits per heavy atom. The van der Waals surface area contributed by atoms with E-state index in [2.05, 4.69) is 19.7 Å². The second-order valence-corrected chi connectivity index (χ2v) is 8.37. The zero-order valence-corrected chi connectivity index (χ0v) is 16.1. The summed E-state index contributed by atoms with van der Waals surface area (Å²) >= 11 is 1.53. The van der Waals surface area contributed by atoms with E-state index in [9.17, 15) is 4.79 Å². The molecular weight excluding hydrogens is 344 g/mol. The molecule has 2 aromatic heterocycles. The molecule has 26 heavy (non-hydrogen) atoms. The van der Waals surface area contributed by atoms with Gasteiger partial charge in [-0.2, -0.15) is 0 Å². The number of carbonyl (C=O) groups is 1. The Labute approximate surface area is 157 Å². The molecule has 3 aromatic rings. The number of benzene rings is 1. The number of H-pyrrole nitrogens is 1. The number of Topliss-reactive ketones (excluding diaryl/α,β-unsaturated/α-hetero) is 1. The summed E-state index contributed by atoms with van der Waals surface area (Å²) in [6.07, 6.45) is 8.01. The molecule has 0 amide bonds. The van der Waals surface area contributed by atoms with Gasteiger partial charge in [-0.3, -0.25) is 4.79 Å². The topological polar surface area (TPSA) is 63.6 Å². The third-order valence-corrected chi connectivity index (χ3v) is 6.34. The molecule has 0 radical (unpaired) electrons. The predicted octanol–water partition coefficient (Wildman–Crippen LogP) is 4.94. The van der Waals surface area contributed by atoms with Crippen LogP contribution in [0.3, 0.4) is 0 Å². The Morgan fingerprint density at radius 3 is 2.81 bits per heavy atom. The minimum absolute atomic E-state index is 0.128. The first-order valence-corrected chi connectivity index (χ1v) is 10.2. The van der Waals surface area contributed by atoms with E-state index in [1.165, 1.54) is 43.9 Å². The number of aromatic nitrogens is 4. The van der Waals surface area contributed by atoms with Gasteiger partial charge in [-0.05, 0) is 32.8 Å². The molecule has 6 heteroatoms. The fourth-order valence-corrected chi connectivity index (χ4v) is 4.93. The molecule has 0 saturated heterocycles. The minimum Gasteiger partial charge on any atom is -0.360 e. The highest BCUT2D eigenvalue weighted by molar-refractivity contribution is 8.00. The monoisotopic (exact) mass is 368 g/mol. The second-order valence-electron chi connectivity index (χ2n) is 7.06. The first-order chi connectivity index (χ1) is 12.6. The summed E-state index contributed by atoms with van der Waals surface area (Å²) in [7, 11) is 0. The number of nitrogens with one attached hydrogen (secondary N) is 1. The molecule has 1 N–H and O–H groups in total. The second kappa shape index (κ2) is 7.27. The van der Waals surface area contributed by atoms with Gasteiger partial charge in [-0.1, -0.05) is 49.2 Å². The number of fused-ring (bicyclic) bond motifs is 1. The van der Waals surface area contributed by atoms with Crippen molar-refractivity contribution in [2.24, 2.45) is 0 Å². The van der Waals surface area contributed by atoms with Crippen LogP contribution in [0.1, 0.15) is 61.3 Å². The summed E-state index contributed by atoms with van der Waals surface area (Å²) < 4.78 is 2.25. The lowest BCUT2D eigenvalue weighted by atomic mass is 9.95. The van der Waals surface area contributed by atoms with Crippen molar-refractivity contribution in [1.82, 2.24) is 19.7 Å². The summed E-state index contributed by atoms with van der Waals surface area (Å²) in [4.78, 5) is 16.2. The molecule has 0 spiro atoms. The van der Waals surface area contributed by atoms with Gasteiger partial charge in [0.25, 0.3) is 0 Å². The lowest BCUT2D eigenvalue weighted by Gasteiger charge is -2.25. The van der Waals surface area contributed by atoms with Gasteiger partial charge in [0.05, 0.1) is 5.25 Å². The first kappa shape index (κ1) is 17.3. The molecule has 1 saturated carbocycles. The number of aromatic amines is 1. The van der Waals surface area contributed by atoms with Crippen LogP contribution in [0.5, 0.6) is 0 Å². The molecule has 1 fully saturated rings. The quantitative estimate of drug-likeness (QED) is 0.512. The number of ketones is 1. The molecule has 0 unspecified atom stereocenters. The highest BCUT2D eigenvalue weighted by Crippen LogP contribution is 2.34. The Balaban J connectivity index is 1.56. The van der Waals surface area contributed by atoms with E-state index in [-0.39, 0.29) is 11.0 Å². The molecule has 4 rings (SSSR count). The van der Waals surface area contributed by atoms with Crippen molar-refractivity contribution >= 4 is 28.4 Å². The van der Waals surface area contributed by atoms with Crippen molar-refractivity contribution in [3.63, 3.8) is 0 Å². The standard InChI is InChI=1S/C20H24N4OS/c1-13(19(25)17-12-21-18-11-7-6-10-16(17)18)26-20-23-22-14(2)24(20)15-8-4-3-5-9-15/h6-7,10-13,15,21H,3-5,8-9H2,1-2H3/t13-/m1/s1. The van der Waals surface area contributed by atoms with E-state index >= 15 is 0 Å². The van der Waals surface area contributed by atoms with Gasteiger partial charge in [-0.15, -0.1) is 10.2 Å². The summed E-state index contributed by atoms with van der Waals surface area (Å²) in [5.41, 5.74) is 1.75. The number of hydrogen-bond donors (Lipinski definition) is 1. The van der Waals surface area contributed by atoms with Crippen LogP contribution in [0.25, 0.3) is 10.9 Å². The zero-order valence-electron chi connectivity index (χ0n) is 15.2. The average Bonchev–Trinajstić information content (AvgIpc) is 3.25. The zero-order chi connectivity index (χ0) is 18.1. The molecular formula is C20H24N4OS. The van der Waals surface area contributed by atoms with Gasteiger partial charge in [0.2, 0.25) is 0 Å². The number of aryl methyl sites for hydroxylation is 1. The first-order valence-electron chi connectivity index (χ1n) is 9.33. The summed E-state index contributed by atoms with van der Waals surface area (Å²) in [5.74, 6) is 1.08. The molecule has 1 atom stereocenters. The maximum atomic E-state index is 13.0. The average molecular weight is 369 g/mol. The van der Waals surface area contributed by atoms with Crippen LogP contribution in [-0.4, -0.2) is 30.8 Å². The minimum atomic E-state index is -0.208. The number of carbonyl (C=O) groups excluding carboxylic acids is 1. The number of para-hydroxylation sites is 1. The van der Waals surface area contributed by atoms with E-state index in [1.807, 2.05) is 44.3 Å². The Bertz CT molecular complexity index is 923. The van der Waals surface area contributed by atoms with Crippen LogP contribution in [0, 0.1) is 6.92 Å². The number of thioether (sulfide) groups is 1. The lowest BCUT2D eigenvalue weighted by molar-refractivity contribution is 0.0995. The summed E-state index contributed by atoms with van der Waals surface area (Å²) in [6, 6.07) is 8.39. The highest BCUT2D eigenvalue weighted by atomic mass is 32.2. The Hall–Kier alpha value is -2.08. The largest absolute Gasteiger partial charge is 0.360 e. The molecule has 0 bridgehead atoms. The lowest BCUT2D eigenvalue weighted by Crippen LogP contribution is -2.18. The Kier molecular flexibility index (Phi) is 4.85. The van der Waals surface area contributed by atoms with Crippen molar-refractivity contribution in [3.05, 3.63) is 41.9 Å². The van der Waals surface area contributed by atoms with Crippen LogP contribution in [0.4, 0.5) is 0 Å². The third-order valence-electron chi connectivity index (χ3n) is 5.28. The molecule has 0 aliphatic heterocycles. The van der Waals surface area contributed by atoms with Gasteiger partial charge in [-0.25, -0.2) is 0 Å². The third kappa shape index (κ3) is 3.18. The van der Waals surface area contributed by atoms with Crippen molar-refractivity contribution in [1.29, 1.82) is 0 Å². The molecule has 1 aromatic carbocycles. The van der Waals surface area contributed by atoms with E-state index in [0.717, 1.165) is 27.4 Å². The Morgan fingerprint density at radius 1 is 1.23 bits per heavy atom. The van der Waals surface area contributed by atoms with Gasteiger partial charge >= 0.3 is 0 Å². The predicted molar refractivity (Wildman–Crippen MR) is 105 cm³/mol. The fourth-order valence-electron chi connectivity index (χ4n) is 3.90. The SMILES string of the molecule is Cc1nnc(S[C@H](C)C(=O)c2c[nH]c3ccccc23)n1C1CCCCC1. The summed E-state index contributed by atoms with van der Waals surface area (Å²) in [6.45, 7) is 3.97. The van der Waals surface area contributed by atoms with Crippen LogP contribution >= 0.6 is 11.8 Å². The maximum absolute atomic E-state index is 13.0. The van der Waals surface area contributed by atoms with E-state index in [4.69, 9.17) is 0 Å². The molecule has 136 valence electrons. The highest BCUT2D eigenvalue weighted by Gasteiger charge is 2.26. The van der Waals surface area contributed by atoms with Gasteiger partial charge in [0.15, 0.2) is 10.9 Å². The van der Waals surface area contributed by atoms with Crippen LogP contribution in [0.2, 0.25) is 0 Å². The molecule has 2 heterocycles.